The molecule has 0 saturated heterocycles. The number of methoxy groups -OCH3 is 1. The van der Waals surface area contributed by atoms with Crippen molar-refractivity contribution >= 4 is 5.82 Å². The zero-order valence-electron chi connectivity index (χ0n) is 12.2. The molecule has 1 aromatic heterocycles. The molecule has 1 heterocycles. The largest absolute Gasteiger partial charge is 0.497 e. The normalized spacial score (nSPS) is 12.0. The van der Waals surface area contributed by atoms with Gasteiger partial charge in [0.05, 0.1) is 7.11 Å². The van der Waals surface area contributed by atoms with Gasteiger partial charge in [-0.25, -0.2) is 4.98 Å². The van der Waals surface area contributed by atoms with Gasteiger partial charge in [-0.1, -0.05) is 12.1 Å². The van der Waals surface area contributed by atoms with E-state index in [4.69, 9.17) is 10.5 Å². The zero-order chi connectivity index (χ0) is 14.5. The third kappa shape index (κ3) is 3.48. The molecule has 4 heteroatoms. The smallest absolute Gasteiger partial charge is 0.128 e. The maximum Gasteiger partial charge on any atom is 0.128 e. The van der Waals surface area contributed by atoms with Crippen LogP contribution in [0.2, 0.25) is 0 Å². The van der Waals surface area contributed by atoms with E-state index < -0.39 is 0 Å². The van der Waals surface area contributed by atoms with Crippen LogP contribution >= 0.6 is 0 Å². The lowest BCUT2D eigenvalue weighted by molar-refractivity contribution is 0.414. The number of aromatic nitrogens is 1. The van der Waals surface area contributed by atoms with Crippen molar-refractivity contribution in [2.75, 3.05) is 19.1 Å². The summed E-state index contributed by atoms with van der Waals surface area (Å²) in [5, 5.41) is 0. The number of nitrogens with zero attached hydrogens (tertiary/aromatic N) is 2. The number of benzene rings is 1. The minimum atomic E-state index is 0.0157. The first-order valence-electron chi connectivity index (χ1n) is 6.65. The number of hydrogen-bond donors (Lipinski definition) is 1. The summed E-state index contributed by atoms with van der Waals surface area (Å²) >= 11 is 0. The lowest BCUT2D eigenvalue weighted by Gasteiger charge is -2.19. The molecule has 0 fully saturated rings. The SMILES string of the molecule is COc1cccc(CN(C)c2cc(C(C)N)ccn2)c1. The Bertz CT molecular complexity index is 569. The molecule has 4 nitrogen and oxygen atoms in total. The van der Waals surface area contributed by atoms with E-state index in [1.165, 1.54) is 5.56 Å². The van der Waals surface area contributed by atoms with Gasteiger partial charge >= 0.3 is 0 Å². The number of hydrogen-bond acceptors (Lipinski definition) is 4. The summed E-state index contributed by atoms with van der Waals surface area (Å²) in [7, 11) is 3.70. The minimum Gasteiger partial charge on any atom is -0.497 e. The van der Waals surface area contributed by atoms with Crippen molar-refractivity contribution in [3.63, 3.8) is 0 Å². The van der Waals surface area contributed by atoms with E-state index in [1.807, 2.05) is 44.3 Å². The highest BCUT2D eigenvalue weighted by molar-refractivity contribution is 5.42. The predicted molar refractivity (Wildman–Crippen MR) is 81.9 cm³/mol. The first-order chi connectivity index (χ1) is 9.60. The van der Waals surface area contributed by atoms with Gasteiger partial charge in [-0.2, -0.15) is 0 Å². The molecule has 0 aliphatic carbocycles. The first-order valence-corrected chi connectivity index (χ1v) is 6.65. The summed E-state index contributed by atoms with van der Waals surface area (Å²) in [6.07, 6.45) is 1.80. The lowest BCUT2D eigenvalue weighted by atomic mass is 10.1. The van der Waals surface area contributed by atoms with Crippen molar-refractivity contribution in [3.05, 3.63) is 53.7 Å². The highest BCUT2D eigenvalue weighted by atomic mass is 16.5. The summed E-state index contributed by atoms with van der Waals surface area (Å²) in [5.41, 5.74) is 8.18. The highest BCUT2D eigenvalue weighted by Crippen LogP contribution is 2.19. The van der Waals surface area contributed by atoms with Crippen LogP contribution in [0, 0.1) is 0 Å². The molecule has 2 N–H and O–H groups in total. The Morgan fingerprint density at radius 1 is 1.30 bits per heavy atom. The van der Waals surface area contributed by atoms with Gasteiger partial charge in [0, 0.05) is 25.8 Å². The van der Waals surface area contributed by atoms with Crippen molar-refractivity contribution < 1.29 is 4.74 Å². The van der Waals surface area contributed by atoms with Crippen molar-refractivity contribution in [1.29, 1.82) is 0 Å². The van der Waals surface area contributed by atoms with Gasteiger partial charge < -0.3 is 15.4 Å². The molecule has 0 saturated carbocycles. The van der Waals surface area contributed by atoms with Crippen LogP contribution in [-0.4, -0.2) is 19.1 Å². The second kappa shape index (κ2) is 6.39. The molecule has 0 aliphatic heterocycles. The second-order valence-corrected chi connectivity index (χ2v) is 4.94. The molecule has 2 aromatic rings. The van der Waals surface area contributed by atoms with Crippen LogP contribution in [0.1, 0.15) is 24.1 Å². The minimum absolute atomic E-state index is 0.0157. The van der Waals surface area contributed by atoms with Gasteiger partial charge in [0.15, 0.2) is 0 Å². The maximum atomic E-state index is 5.91. The highest BCUT2D eigenvalue weighted by Gasteiger charge is 2.07. The third-order valence-electron chi connectivity index (χ3n) is 3.24. The van der Waals surface area contributed by atoms with Gasteiger partial charge in [0.25, 0.3) is 0 Å². The number of anilines is 1. The van der Waals surface area contributed by atoms with Crippen LogP contribution in [0.25, 0.3) is 0 Å². The quantitative estimate of drug-likeness (QED) is 0.908. The van der Waals surface area contributed by atoms with E-state index in [0.717, 1.165) is 23.7 Å². The van der Waals surface area contributed by atoms with Gasteiger partial charge in [0.2, 0.25) is 0 Å². The van der Waals surface area contributed by atoms with E-state index >= 15 is 0 Å². The van der Waals surface area contributed by atoms with E-state index in [2.05, 4.69) is 16.0 Å². The predicted octanol–water partition coefficient (Wildman–Crippen LogP) is 2.75. The summed E-state index contributed by atoms with van der Waals surface area (Å²) in [5.74, 6) is 1.79. The topological polar surface area (TPSA) is 51.4 Å². The molecule has 0 aliphatic rings. The van der Waals surface area contributed by atoms with E-state index in [0.29, 0.717) is 0 Å². The monoisotopic (exact) mass is 271 g/mol. The van der Waals surface area contributed by atoms with Crippen LogP contribution in [0.5, 0.6) is 5.75 Å². The standard InChI is InChI=1S/C16H21N3O/c1-12(17)14-7-8-18-16(10-14)19(2)11-13-5-4-6-15(9-13)20-3/h4-10,12H,11,17H2,1-3H3. The molecular weight excluding hydrogens is 250 g/mol. The fourth-order valence-corrected chi connectivity index (χ4v) is 2.05. The average Bonchev–Trinajstić information content (AvgIpc) is 2.47. The molecule has 2 rings (SSSR count). The maximum absolute atomic E-state index is 5.91. The van der Waals surface area contributed by atoms with Crippen molar-refractivity contribution in [1.82, 2.24) is 4.98 Å². The summed E-state index contributed by atoms with van der Waals surface area (Å²) in [4.78, 5) is 6.50. The van der Waals surface area contributed by atoms with Crippen LogP contribution in [-0.2, 0) is 6.54 Å². The average molecular weight is 271 g/mol. The van der Waals surface area contributed by atoms with Crippen molar-refractivity contribution in [3.8, 4) is 5.75 Å². The molecule has 0 amide bonds. The van der Waals surface area contributed by atoms with Gasteiger partial charge in [0.1, 0.15) is 11.6 Å². The summed E-state index contributed by atoms with van der Waals surface area (Å²) in [6, 6.07) is 12.0. The number of rotatable bonds is 5. The molecule has 0 spiro atoms. The Hall–Kier alpha value is -2.07. The first kappa shape index (κ1) is 14.3. The Balaban J connectivity index is 2.14. The van der Waals surface area contributed by atoms with Crippen molar-refractivity contribution in [2.45, 2.75) is 19.5 Å². The molecular formula is C16H21N3O. The Morgan fingerprint density at radius 2 is 2.10 bits per heavy atom. The molecule has 1 atom stereocenters. The van der Waals surface area contributed by atoms with E-state index in [9.17, 15) is 0 Å². The molecule has 106 valence electrons. The Kier molecular flexibility index (Phi) is 4.58. The Morgan fingerprint density at radius 3 is 2.80 bits per heavy atom. The van der Waals surface area contributed by atoms with Crippen molar-refractivity contribution in [2.24, 2.45) is 5.73 Å². The van der Waals surface area contributed by atoms with E-state index in [-0.39, 0.29) is 6.04 Å². The number of ether oxygens (including phenoxy) is 1. The molecule has 0 radical (unpaired) electrons. The molecule has 1 aromatic carbocycles. The van der Waals surface area contributed by atoms with Crippen LogP contribution in [0.3, 0.4) is 0 Å². The fraction of sp³-hybridized carbons (Fsp3) is 0.312. The summed E-state index contributed by atoms with van der Waals surface area (Å²) in [6.45, 7) is 2.74. The van der Waals surface area contributed by atoms with Gasteiger partial charge in [-0.05, 0) is 42.3 Å². The Labute approximate surface area is 120 Å². The second-order valence-electron chi connectivity index (χ2n) is 4.94. The van der Waals surface area contributed by atoms with Crippen LogP contribution in [0.15, 0.2) is 42.6 Å². The van der Waals surface area contributed by atoms with Gasteiger partial charge in [-0.15, -0.1) is 0 Å². The zero-order valence-corrected chi connectivity index (χ0v) is 12.2. The lowest BCUT2D eigenvalue weighted by Crippen LogP contribution is -2.18. The molecule has 1 unspecified atom stereocenters. The molecule has 0 bridgehead atoms. The fourth-order valence-electron chi connectivity index (χ4n) is 2.05. The molecule has 20 heavy (non-hydrogen) atoms. The number of nitrogens with two attached hydrogens (primary N) is 1. The van der Waals surface area contributed by atoms with Crippen LogP contribution < -0.4 is 15.4 Å². The van der Waals surface area contributed by atoms with Gasteiger partial charge in [-0.3, -0.25) is 0 Å². The van der Waals surface area contributed by atoms with Crippen LogP contribution in [0.4, 0.5) is 5.82 Å². The number of pyridine rings is 1. The van der Waals surface area contributed by atoms with E-state index in [1.54, 1.807) is 13.3 Å². The summed E-state index contributed by atoms with van der Waals surface area (Å²) < 4.78 is 5.24. The third-order valence-corrected chi connectivity index (χ3v) is 3.24.